The van der Waals surface area contributed by atoms with E-state index in [1.54, 1.807) is 24.3 Å². The van der Waals surface area contributed by atoms with Crippen LogP contribution < -0.4 is 0 Å². The summed E-state index contributed by atoms with van der Waals surface area (Å²) in [6.07, 6.45) is 3.14. The molecule has 2 rings (SSSR count). The summed E-state index contributed by atoms with van der Waals surface area (Å²) in [6, 6.07) is 3.83. The van der Waals surface area contributed by atoms with Crippen molar-refractivity contribution in [2.45, 2.75) is 32.9 Å². The molecule has 0 unspecified atom stereocenters. The molecule has 0 radical (unpaired) electrons. The van der Waals surface area contributed by atoms with Crippen molar-refractivity contribution in [3.05, 3.63) is 24.5 Å². The summed E-state index contributed by atoms with van der Waals surface area (Å²) in [5.41, 5.74) is 1.34. The van der Waals surface area contributed by atoms with Crippen LogP contribution in [0.25, 0.3) is 11.0 Å². The van der Waals surface area contributed by atoms with Crippen LogP contribution in [-0.2, 0) is 11.3 Å². The highest BCUT2D eigenvalue weighted by atomic mass is 16.6. The van der Waals surface area contributed by atoms with Gasteiger partial charge in [-0.2, -0.15) is 5.10 Å². The minimum Gasteiger partial charge on any atom is -0.444 e. The maximum absolute atomic E-state index is 11.8. The molecule has 2 heterocycles. The largest absolute Gasteiger partial charge is 0.444 e. The van der Waals surface area contributed by atoms with Gasteiger partial charge in [0, 0.05) is 19.8 Å². The van der Waals surface area contributed by atoms with Crippen LogP contribution in [0.5, 0.6) is 0 Å². The lowest BCUT2D eigenvalue weighted by atomic mass is 10.2. The molecule has 20 heavy (non-hydrogen) atoms. The lowest BCUT2D eigenvalue weighted by molar-refractivity contribution is 0.0292. The van der Waals surface area contributed by atoms with Crippen LogP contribution in [0, 0.1) is 0 Å². The number of amides is 1. The molecule has 0 aromatic carbocycles. The number of pyridine rings is 1. The van der Waals surface area contributed by atoms with Crippen LogP contribution in [0.2, 0.25) is 0 Å². The van der Waals surface area contributed by atoms with E-state index in [2.05, 4.69) is 10.1 Å². The Balaban J connectivity index is 1.96. The summed E-state index contributed by atoms with van der Waals surface area (Å²) in [4.78, 5) is 17.6. The van der Waals surface area contributed by atoms with Crippen LogP contribution in [0.15, 0.2) is 24.5 Å². The van der Waals surface area contributed by atoms with Gasteiger partial charge >= 0.3 is 6.09 Å². The van der Waals surface area contributed by atoms with Gasteiger partial charge in [0.15, 0.2) is 0 Å². The SMILES string of the molecule is CN(CCn1ncc2ncccc21)C(=O)OC(C)(C)C. The number of nitrogens with zero attached hydrogens (tertiary/aromatic N) is 4. The van der Waals surface area contributed by atoms with Gasteiger partial charge < -0.3 is 9.64 Å². The lowest BCUT2D eigenvalue weighted by Crippen LogP contribution is -2.36. The number of carbonyl (C=O) groups excluding carboxylic acids is 1. The van der Waals surface area contributed by atoms with Crippen LogP contribution in [0.3, 0.4) is 0 Å². The zero-order valence-corrected chi connectivity index (χ0v) is 12.3. The second-order valence-electron chi connectivity index (χ2n) is 5.68. The molecule has 0 saturated carbocycles. The summed E-state index contributed by atoms with van der Waals surface area (Å²) in [5, 5.41) is 4.28. The van der Waals surface area contributed by atoms with Crippen LogP contribution in [-0.4, -0.2) is 45.0 Å². The van der Waals surface area contributed by atoms with E-state index in [1.165, 1.54) is 0 Å². The zero-order valence-electron chi connectivity index (χ0n) is 12.3. The lowest BCUT2D eigenvalue weighted by Gasteiger charge is -2.24. The average Bonchev–Trinajstić information content (AvgIpc) is 2.77. The summed E-state index contributed by atoms with van der Waals surface area (Å²) in [5.74, 6) is 0. The van der Waals surface area contributed by atoms with Gasteiger partial charge in [0.05, 0.1) is 18.3 Å². The molecule has 0 fully saturated rings. The fraction of sp³-hybridized carbons (Fsp3) is 0.500. The Morgan fingerprint density at radius 1 is 1.45 bits per heavy atom. The maximum Gasteiger partial charge on any atom is 0.410 e. The van der Waals surface area contributed by atoms with Crippen molar-refractivity contribution in [1.29, 1.82) is 0 Å². The predicted octanol–water partition coefficient (Wildman–Crippen LogP) is 2.30. The summed E-state index contributed by atoms with van der Waals surface area (Å²) in [7, 11) is 1.72. The number of likely N-dealkylation sites (N-methyl/N-ethyl adjacent to an activating group) is 1. The van der Waals surface area contributed by atoms with Crippen molar-refractivity contribution < 1.29 is 9.53 Å². The molecule has 108 valence electrons. The van der Waals surface area contributed by atoms with E-state index in [4.69, 9.17) is 4.74 Å². The average molecular weight is 276 g/mol. The van der Waals surface area contributed by atoms with E-state index in [-0.39, 0.29) is 6.09 Å². The highest BCUT2D eigenvalue weighted by Crippen LogP contribution is 2.11. The second kappa shape index (κ2) is 5.48. The molecule has 0 saturated heterocycles. The molecule has 6 heteroatoms. The monoisotopic (exact) mass is 276 g/mol. The topological polar surface area (TPSA) is 60.2 Å². The number of aromatic nitrogens is 3. The molecular weight excluding hydrogens is 256 g/mol. The zero-order chi connectivity index (χ0) is 14.8. The first kappa shape index (κ1) is 14.3. The van der Waals surface area contributed by atoms with Crippen LogP contribution in [0.1, 0.15) is 20.8 Å². The number of rotatable bonds is 3. The second-order valence-corrected chi connectivity index (χ2v) is 5.68. The normalized spacial score (nSPS) is 11.6. The highest BCUT2D eigenvalue weighted by molar-refractivity contribution is 5.73. The van der Waals surface area contributed by atoms with Gasteiger partial charge in [-0.3, -0.25) is 9.67 Å². The van der Waals surface area contributed by atoms with Gasteiger partial charge in [-0.15, -0.1) is 0 Å². The van der Waals surface area contributed by atoms with E-state index >= 15 is 0 Å². The molecule has 0 aliphatic carbocycles. The van der Waals surface area contributed by atoms with Gasteiger partial charge in [-0.25, -0.2) is 4.79 Å². The van der Waals surface area contributed by atoms with Crippen molar-refractivity contribution in [1.82, 2.24) is 19.7 Å². The third-order valence-electron chi connectivity index (χ3n) is 2.77. The molecular formula is C14H20N4O2. The van der Waals surface area contributed by atoms with E-state index in [9.17, 15) is 4.79 Å². The van der Waals surface area contributed by atoms with Crippen LogP contribution >= 0.6 is 0 Å². The minimum absolute atomic E-state index is 0.327. The third kappa shape index (κ3) is 3.46. The van der Waals surface area contributed by atoms with Crippen LogP contribution in [0.4, 0.5) is 4.79 Å². The number of hydrogen-bond donors (Lipinski definition) is 0. The number of hydrogen-bond acceptors (Lipinski definition) is 4. The molecule has 0 aliphatic heterocycles. The van der Waals surface area contributed by atoms with Crippen molar-refractivity contribution >= 4 is 17.1 Å². The van der Waals surface area contributed by atoms with Crippen molar-refractivity contribution in [2.75, 3.05) is 13.6 Å². The van der Waals surface area contributed by atoms with Crippen molar-refractivity contribution in [2.24, 2.45) is 0 Å². The Hall–Kier alpha value is -2.11. The van der Waals surface area contributed by atoms with Gasteiger partial charge in [0.25, 0.3) is 0 Å². The molecule has 6 nitrogen and oxygen atoms in total. The highest BCUT2D eigenvalue weighted by Gasteiger charge is 2.19. The Kier molecular flexibility index (Phi) is 3.92. The summed E-state index contributed by atoms with van der Waals surface area (Å²) in [6.45, 7) is 6.69. The standard InChI is InChI=1S/C14H20N4O2/c1-14(2,3)20-13(19)17(4)8-9-18-12-6-5-7-15-11(12)10-16-18/h5-7,10H,8-9H2,1-4H3. The Labute approximate surface area is 118 Å². The first-order valence-corrected chi connectivity index (χ1v) is 6.57. The fourth-order valence-electron chi connectivity index (χ4n) is 1.77. The summed E-state index contributed by atoms with van der Waals surface area (Å²) >= 11 is 0. The first-order valence-electron chi connectivity index (χ1n) is 6.57. The van der Waals surface area contributed by atoms with E-state index in [1.807, 2.05) is 37.6 Å². The molecule has 0 bridgehead atoms. The first-order chi connectivity index (χ1) is 9.37. The molecule has 1 amide bonds. The Morgan fingerprint density at radius 2 is 2.20 bits per heavy atom. The maximum atomic E-state index is 11.8. The quantitative estimate of drug-likeness (QED) is 0.863. The van der Waals surface area contributed by atoms with Gasteiger partial charge in [-0.1, -0.05) is 0 Å². The third-order valence-corrected chi connectivity index (χ3v) is 2.77. The van der Waals surface area contributed by atoms with Gasteiger partial charge in [0.2, 0.25) is 0 Å². The van der Waals surface area contributed by atoms with E-state index in [0.29, 0.717) is 13.1 Å². The fourth-order valence-corrected chi connectivity index (χ4v) is 1.77. The molecule has 0 atom stereocenters. The molecule has 0 spiro atoms. The minimum atomic E-state index is -0.479. The van der Waals surface area contributed by atoms with E-state index in [0.717, 1.165) is 11.0 Å². The number of ether oxygens (including phenoxy) is 1. The van der Waals surface area contributed by atoms with Crippen molar-refractivity contribution in [3.63, 3.8) is 0 Å². The number of carbonyl (C=O) groups is 1. The Bertz CT molecular complexity index is 600. The molecule has 0 N–H and O–H groups in total. The van der Waals surface area contributed by atoms with Crippen molar-refractivity contribution in [3.8, 4) is 0 Å². The molecule has 2 aromatic heterocycles. The van der Waals surface area contributed by atoms with E-state index < -0.39 is 5.60 Å². The summed E-state index contributed by atoms with van der Waals surface area (Å²) < 4.78 is 7.14. The molecule has 2 aromatic rings. The predicted molar refractivity (Wildman–Crippen MR) is 76.4 cm³/mol. The smallest absolute Gasteiger partial charge is 0.410 e. The Morgan fingerprint density at radius 3 is 2.90 bits per heavy atom. The van der Waals surface area contributed by atoms with Gasteiger partial charge in [0.1, 0.15) is 11.1 Å². The number of fused-ring (bicyclic) bond motifs is 1. The molecule has 0 aliphatic rings. The van der Waals surface area contributed by atoms with Gasteiger partial charge in [-0.05, 0) is 32.9 Å².